The molecule has 7 nitrogen and oxygen atoms in total. The van der Waals surface area contributed by atoms with Gasteiger partial charge in [0, 0.05) is 28.5 Å². The maximum absolute atomic E-state index is 13.7. The van der Waals surface area contributed by atoms with Gasteiger partial charge >= 0.3 is 0 Å². The van der Waals surface area contributed by atoms with E-state index >= 15 is 0 Å². The molecule has 3 aromatic rings. The Kier molecular flexibility index (Phi) is 9.45. The van der Waals surface area contributed by atoms with E-state index in [1.54, 1.807) is 43.3 Å². The van der Waals surface area contributed by atoms with E-state index in [-0.39, 0.29) is 18.4 Å². The van der Waals surface area contributed by atoms with Crippen LogP contribution in [-0.2, 0) is 26.2 Å². The van der Waals surface area contributed by atoms with Gasteiger partial charge in [0.25, 0.3) is 0 Å². The molecule has 0 spiro atoms. The highest BCUT2D eigenvalue weighted by Gasteiger charge is 2.31. The smallest absolute Gasteiger partial charge is 0.244 e. The van der Waals surface area contributed by atoms with Crippen LogP contribution in [0.15, 0.2) is 60.7 Å². The SMILES string of the molecule is CC(C)CNC(=O)[C@@H](C)N(Cc1ccc(Cl)cc1Cl)C(=O)CN(c1cccc2ccccc12)S(C)(=O)=O. The fraction of sp³-hybridized carbons (Fsp3) is 0.333. The maximum atomic E-state index is 13.7. The Balaban J connectivity index is 1.99. The van der Waals surface area contributed by atoms with Crippen molar-refractivity contribution in [1.29, 1.82) is 0 Å². The van der Waals surface area contributed by atoms with Gasteiger partial charge < -0.3 is 10.2 Å². The third-order valence-electron chi connectivity index (χ3n) is 5.92. The van der Waals surface area contributed by atoms with E-state index in [4.69, 9.17) is 23.2 Å². The van der Waals surface area contributed by atoms with Crippen LogP contribution in [0, 0.1) is 5.92 Å². The molecule has 0 radical (unpaired) electrons. The molecular formula is C27H31Cl2N3O4S. The third kappa shape index (κ3) is 7.37. The fourth-order valence-electron chi connectivity index (χ4n) is 3.89. The summed E-state index contributed by atoms with van der Waals surface area (Å²) in [5.74, 6) is -0.669. The van der Waals surface area contributed by atoms with Crippen LogP contribution in [0.3, 0.4) is 0 Å². The van der Waals surface area contributed by atoms with Crippen molar-refractivity contribution in [1.82, 2.24) is 10.2 Å². The minimum Gasteiger partial charge on any atom is -0.354 e. The lowest BCUT2D eigenvalue weighted by atomic mass is 10.1. The normalized spacial score (nSPS) is 12.4. The summed E-state index contributed by atoms with van der Waals surface area (Å²) in [6, 6.07) is 16.6. The van der Waals surface area contributed by atoms with Crippen LogP contribution >= 0.6 is 23.2 Å². The highest BCUT2D eigenvalue weighted by atomic mass is 35.5. The summed E-state index contributed by atoms with van der Waals surface area (Å²) in [5.41, 5.74) is 0.967. The Morgan fingerprint density at radius 1 is 0.973 bits per heavy atom. The van der Waals surface area contributed by atoms with Crippen molar-refractivity contribution in [2.75, 3.05) is 23.7 Å². The predicted molar refractivity (Wildman–Crippen MR) is 150 cm³/mol. The van der Waals surface area contributed by atoms with Gasteiger partial charge in [0.1, 0.15) is 12.6 Å². The molecule has 3 rings (SSSR count). The second-order valence-electron chi connectivity index (χ2n) is 9.34. The van der Waals surface area contributed by atoms with Crippen LogP contribution in [0.2, 0.25) is 10.0 Å². The van der Waals surface area contributed by atoms with Gasteiger partial charge in [-0.3, -0.25) is 13.9 Å². The van der Waals surface area contributed by atoms with Crippen molar-refractivity contribution in [3.05, 3.63) is 76.3 Å². The number of hydrogen-bond donors (Lipinski definition) is 1. The van der Waals surface area contributed by atoms with Gasteiger partial charge in [-0.1, -0.05) is 79.5 Å². The van der Waals surface area contributed by atoms with Crippen LogP contribution in [-0.4, -0.2) is 50.5 Å². The molecule has 0 heterocycles. The van der Waals surface area contributed by atoms with Gasteiger partial charge in [-0.2, -0.15) is 0 Å². The van der Waals surface area contributed by atoms with Crippen LogP contribution in [0.25, 0.3) is 10.8 Å². The third-order valence-corrected chi connectivity index (χ3v) is 7.64. The minimum atomic E-state index is -3.85. The van der Waals surface area contributed by atoms with E-state index in [1.807, 2.05) is 38.1 Å². The van der Waals surface area contributed by atoms with E-state index in [0.717, 1.165) is 15.9 Å². The maximum Gasteiger partial charge on any atom is 0.244 e. The molecule has 37 heavy (non-hydrogen) atoms. The summed E-state index contributed by atoms with van der Waals surface area (Å²) in [5, 5.41) is 5.16. The number of hydrogen-bond acceptors (Lipinski definition) is 4. The number of halogens is 2. The van der Waals surface area contributed by atoms with E-state index < -0.39 is 28.5 Å². The first-order chi connectivity index (χ1) is 17.4. The zero-order valence-electron chi connectivity index (χ0n) is 21.2. The lowest BCUT2D eigenvalue weighted by molar-refractivity contribution is -0.139. The minimum absolute atomic E-state index is 0.00175. The summed E-state index contributed by atoms with van der Waals surface area (Å²) in [6.45, 7) is 5.50. The van der Waals surface area contributed by atoms with Crippen molar-refractivity contribution < 1.29 is 18.0 Å². The molecule has 1 N–H and O–H groups in total. The average molecular weight is 565 g/mol. The largest absolute Gasteiger partial charge is 0.354 e. The first-order valence-corrected chi connectivity index (χ1v) is 14.5. The van der Waals surface area contributed by atoms with Crippen molar-refractivity contribution in [3.63, 3.8) is 0 Å². The zero-order valence-corrected chi connectivity index (χ0v) is 23.6. The topological polar surface area (TPSA) is 86.8 Å². The molecule has 198 valence electrons. The molecule has 10 heteroatoms. The lowest BCUT2D eigenvalue weighted by Gasteiger charge is -2.32. The summed E-state index contributed by atoms with van der Waals surface area (Å²) >= 11 is 12.4. The number of sulfonamides is 1. The van der Waals surface area contributed by atoms with Gasteiger partial charge in [0.2, 0.25) is 21.8 Å². The second kappa shape index (κ2) is 12.2. The molecule has 0 aliphatic carbocycles. The Labute approximate surface area is 228 Å². The molecule has 0 bridgehead atoms. The Morgan fingerprint density at radius 3 is 2.30 bits per heavy atom. The van der Waals surface area contributed by atoms with Crippen LogP contribution in [0.4, 0.5) is 5.69 Å². The standard InChI is InChI=1S/C27H31Cl2N3O4S/c1-18(2)15-30-27(34)19(3)31(16-21-12-13-22(28)14-24(21)29)26(33)17-32(37(4,35)36)25-11-7-9-20-8-5-6-10-23(20)25/h5-14,18-19H,15-17H2,1-4H3,(H,30,34)/t19-/m1/s1. The van der Waals surface area contributed by atoms with E-state index in [0.29, 0.717) is 33.2 Å². The first kappa shape index (κ1) is 28.8. The average Bonchev–Trinajstić information content (AvgIpc) is 2.84. The Hall–Kier alpha value is -2.81. The van der Waals surface area contributed by atoms with Gasteiger partial charge in [-0.15, -0.1) is 0 Å². The lowest BCUT2D eigenvalue weighted by Crippen LogP contribution is -2.51. The molecule has 3 aromatic carbocycles. The van der Waals surface area contributed by atoms with E-state index in [9.17, 15) is 18.0 Å². The summed E-state index contributed by atoms with van der Waals surface area (Å²) in [7, 11) is -3.85. The number of rotatable bonds is 10. The zero-order chi connectivity index (χ0) is 27.3. The Morgan fingerprint density at radius 2 is 1.65 bits per heavy atom. The van der Waals surface area contributed by atoms with Gasteiger partial charge in [0.15, 0.2) is 0 Å². The molecular weight excluding hydrogens is 533 g/mol. The van der Waals surface area contributed by atoms with Crippen LogP contribution in [0.1, 0.15) is 26.3 Å². The van der Waals surface area contributed by atoms with Crippen LogP contribution in [0.5, 0.6) is 0 Å². The molecule has 0 saturated carbocycles. The fourth-order valence-corrected chi connectivity index (χ4v) is 5.22. The molecule has 1 atom stereocenters. The molecule has 0 saturated heterocycles. The van der Waals surface area contributed by atoms with E-state index in [2.05, 4.69) is 5.32 Å². The molecule has 0 aromatic heterocycles. The highest BCUT2D eigenvalue weighted by Crippen LogP contribution is 2.29. The molecule has 2 amide bonds. The second-order valence-corrected chi connectivity index (χ2v) is 12.1. The number of anilines is 1. The predicted octanol–water partition coefficient (Wildman–Crippen LogP) is 5.10. The molecule has 0 aliphatic rings. The van der Waals surface area contributed by atoms with Gasteiger partial charge in [-0.25, -0.2) is 8.42 Å². The highest BCUT2D eigenvalue weighted by molar-refractivity contribution is 7.92. The first-order valence-electron chi connectivity index (χ1n) is 11.8. The molecule has 0 unspecified atom stereocenters. The van der Waals surface area contributed by atoms with Crippen molar-refractivity contribution in [2.45, 2.75) is 33.4 Å². The number of carbonyl (C=O) groups is 2. The number of benzene rings is 3. The van der Waals surface area contributed by atoms with E-state index in [1.165, 1.54) is 4.90 Å². The van der Waals surface area contributed by atoms with Crippen molar-refractivity contribution >= 4 is 61.5 Å². The number of nitrogens with zero attached hydrogens (tertiary/aromatic N) is 2. The van der Waals surface area contributed by atoms with Crippen molar-refractivity contribution in [2.24, 2.45) is 5.92 Å². The monoisotopic (exact) mass is 563 g/mol. The summed E-state index contributed by atoms with van der Waals surface area (Å²) in [4.78, 5) is 28.0. The number of fused-ring (bicyclic) bond motifs is 1. The number of nitrogens with one attached hydrogen (secondary N) is 1. The molecule has 0 fully saturated rings. The summed E-state index contributed by atoms with van der Waals surface area (Å²) < 4.78 is 26.9. The number of amides is 2. The quantitative estimate of drug-likeness (QED) is 0.371. The van der Waals surface area contributed by atoms with Gasteiger partial charge in [0.05, 0.1) is 11.9 Å². The van der Waals surface area contributed by atoms with Crippen LogP contribution < -0.4 is 9.62 Å². The summed E-state index contributed by atoms with van der Waals surface area (Å²) in [6.07, 6.45) is 1.06. The van der Waals surface area contributed by atoms with Gasteiger partial charge in [-0.05, 0) is 42.0 Å². The number of carbonyl (C=O) groups excluding carboxylic acids is 2. The Bertz CT molecular complexity index is 1390. The molecule has 0 aliphatic heterocycles. The van der Waals surface area contributed by atoms with Crippen molar-refractivity contribution in [3.8, 4) is 0 Å².